The van der Waals surface area contributed by atoms with Crippen molar-refractivity contribution in [2.24, 2.45) is 0 Å². The SMILES string of the molecule is CCCCCCCCOc1ccc(C(=O)Oc2ccc(N3C[C@@H](CCCCCC)OC3=O)cc2)cc1. The predicted molar refractivity (Wildman–Crippen MR) is 143 cm³/mol. The maximum atomic E-state index is 12.5. The number of amides is 1. The van der Waals surface area contributed by atoms with Crippen molar-refractivity contribution in [1.82, 2.24) is 0 Å². The number of benzene rings is 2. The molecule has 36 heavy (non-hydrogen) atoms. The van der Waals surface area contributed by atoms with E-state index >= 15 is 0 Å². The number of ether oxygens (including phenoxy) is 3. The summed E-state index contributed by atoms with van der Waals surface area (Å²) in [5, 5.41) is 0. The standard InChI is InChI=1S/C30H41NO5/c1-3-5-7-9-10-12-22-34-26-18-14-24(15-19-26)29(32)35-27-20-16-25(17-21-27)31-23-28(36-30(31)33)13-11-8-6-4-2/h14-21,28H,3-13,22-23H2,1-2H3/t28-/m1/s1. The third kappa shape index (κ3) is 8.89. The van der Waals surface area contributed by atoms with E-state index in [4.69, 9.17) is 14.2 Å². The molecule has 0 bridgehead atoms. The smallest absolute Gasteiger partial charge is 0.414 e. The fourth-order valence-corrected chi connectivity index (χ4v) is 4.30. The molecule has 0 spiro atoms. The number of cyclic esters (lactones) is 1. The average Bonchev–Trinajstić information content (AvgIpc) is 3.27. The number of nitrogens with zero attached hydrogens (tertiary/aromatic N) is 1. The Bertz CT molecular complexity index is 925. The summed E-state index contributed by atoms with van der Waals surface area (Å²) in [4.78, 5) is 26.5. The van der Waals surface area contributed by atoms with Crippen molar-refractivity contribution in [2.45, 2.75) is 90.6 Å². The van der Waals surface area contributed by atoms with Gasteiger partial charge in [0, 0.05) is 5.69 Å². The van der Waals surface area contributed by atoms with Gasteiger partial charge in [-0.2, -0.15) is 0 Å². The second-order valence-corrected chi connectivity index (χ2v) is 9.49. The van der Waals surface area contributed by atoms with Gasteiger partial charge in [-0.05, 0) is 67.8 Å². The molecule has 0 N–H and O–H groups in total. The quantitative estimate of drug-likeness (QED) is 0.134. The van der Waals surface area contributed by atoms with Crippen molar-refractivity contribution < 1.29 is 23.8 Å². The first-order valence-electron chi connectivity index (χ1n) is 13.6. The van der Waals surface area contributed by atoms with E-state index in [2.05, 4.69) is 13.8 Å². The minimum absolute atomic E-state index is 0.0652. The first-order valence-corrected chi connectivity index (χ1v) is 13.6. The molecule has 1 heterocycles. The van der Waals surface area contributed by atoms with E-state index in [1.807, 2.05) is 0 Å². The zero-order chi connectivity index (χ0) is 25.6. The number of anilines is 1. The summed E-state index contributed by atoms with van der Waals surface area (Å²) < 4.78 is 16.8. The zero-order valence-corrected chi connectivity index (χ0v) is 21.9. The van der Waals surface area contributed by atoms with Crippen molar-refractivity contribution >= 4 is 17.7 Å². The number of carbonyl (C=O) groups is 2. The summed E-state index contributed by atoms with van der Waals surface area (Å²) in [5.41, 5.74) is 1.20. The maximum absolute atomic E-state index is 12.5. The minimum Gasteiger partial charge on any atom is -0.494 e. The van der Waals surface area contributed by atoms with Crippen LogP contribution in [0.2, 0.25) is 0 Å². The van der Waals surface area contributed by atoms with Crippen LogP contribution in [0.15, 0.2) is 48.5 Å². The summed E-state index contributed by atoms with van der Waals surface area (Å²) in [6.45, 7) is 5.64. The lowest BCUT2D eigenvalue weighted by Crippen LogP contribution is -2.24. The molecule has 0 aliphatic carbocycles. The lowest BCUT2D eigenvalue weighted by Gasteiger charge is -2.13. The second-order valence-electron chi connectivity index (χ2n) is 9.49. The van der Waals surface area contributed by atoms with Crippen molar-refractivity contribution in [3.05, 3.63) is 54.1 Å². The Morgan fingerprint density at radius 3 is 2.14 bits per heavy atom. The molecule has 196 valence electrons. The molecule has 0 aromatic heterocycles. The van der Waals surface area contributed by atoms with Crippen LogP contribution in [0.4, 0.5) is 10.5 Å². The van der Waals surface area contributed by atoms with Crippen LogP contribution >= 0.6 is 0 Å². The molecular weight excluding hydrogens is 454 g/mol. The topological polar surface area (TPSA) is 65.1 Å². The molecule has 1 aliphatic heterocycles. The van der Waals surface area contributed by atoms with Gasteiger partial charge in [-0.15, -0.1) is 0 Å². The first-order chi connectivity index (χ1) is 17.6. The van der Waals surface area contributed by atoms with Crippen molar-refractivity contribution in [2.75, 3.05) is 18.1 Å². The van der Waals surface area contributed by atoms with Crippen molar-refractivity contribution in [1.29, 1.82) is 0 Å². The van der Waals surface area contributed by atoms with E-state index in [-0.39, 0.29) is 12.2 Å². The largest absolute Gasteiger partial charge is 0.494 e. The third-order valence-corrected chi connectivity index (χ3v) is 6.47. The number of carbonyl (C=O) groups excluding carboxylic acids is 2. The van der Waals surface area contributed by atoms with Crippen LogP contribution in [0.5, 0.6) is 11.5 Å². The van der Waals surface area contributed by atoms with Gasteiger partial charge in [0.2, 0.25) is 0 Å². The highest BCUT2D eigenvalue weighted by atomic mass is 16.6. The third-order valence-electron chi connectivity index (χ3n) is 6.47. The minimum atomic E-state index is -0.432. The van der Waals surface area contributed by atoms with Gasteiger partial charge in [0.1, 0.15) is 17.6 Å². The van der Waals surface area contributed by atoms with Crippen LogP contribution in [-0.4, -0.2) is 31.3 Å². The van der Waals surface area contributed by atoms with E-state index < -0.39 is 5.97 Å². The molecule has 2 aromatic rings. The molecule has 0 radical (unpaired) electrons. The molecule has 1 saturated heterocycles. The Hall–Kier alpha value is -3.02. The van der Waals surface area contributed by atoms with Crippen LogP contribution in [0.3, 0.4) is 0 Å². The van der Waals surface area contributed by atoms with E-state index in [0.29, 0.717) is 24.5 Å². The van der Waals surface area contributed by atoms with Crippen LogP contribution in [0.25, 0.3) is 0 Å². The molecule has 1 aliphatic rings. The van der Waals surface area contributed by atoms with Gasteiger partial charge in [0.05, 0.1) is 18.7 Å². The monoisotopic (exact) mass is 495 g/mol. The highest BCUT2D eigenvalue weighted by molar-refractivity contribution is 5.92. The summed E-state index contributed by atoms with van der Waals surface area (Å²) >= 11 is 0. The normalized spacial score (nSPS) is 15.1. The molecule has 1 fully saturated rings. The van der Waals surface area contributed by atoms with E-state index in [1.165, 1.54) is 51.4 Å². The Kier molecular flexibility index (Phi) is 11.6. The Morgan fingerprint density at radius 2 is 1.44 bits per heavy atom. The number of hydrogen-bond donors (Lipinski definition) is 0. The van der Waals surface area contributed by atoms with E-state index in [9.17, 15) is 9.59 Å². The molecular formula is C30H41NO5. The highest BCUT2D eigenvalue weighted by Crippen LogP contribution is 2.26. The molecule has 2 aromatic carbocycles. The van der Waals surface area contributed by atoms with Gasteiger partial charge in [-0.25, -0.2) is 9.59 Å². The molecule has 1 atom stereocenters. The van der Waals surface area contributed by atoms with Crippen molar-refractivity contribution in [3.63, 3.8) is 0 Å². The maximum Gasteiger partial charge on any atom is 0.414 e. The number of hydrogen-bond acceptors (Lipinski definition) is 5. The van der Waals surface area contributed by atoms with Crippen molar-refractivity contribution in [3.8, 4) is 11.5 Å². The van der Waals surface area contributed by atoms with Crippen LogP contribution < -0.4 is 14.4 Å². The van der Waals surface area contributed by atoms with Gasteiger partial charge in [-0.3, -0.25) is 4.90 Å². The lowest BCUT2D eigenvalue weighted by atomic mass is 10.1. The first kappa shape index (κ1) is 27.6. The van der Waals surface area contributed by atoms with Crippen LogP contribution in [-0.2, 0) is 4.74 Å². The number of rotatable bonds is 16. The van der Waals surface area contributed by atoms with E-state index in [1.54, 1.807) is 53.4 Å². The second kappa shape index (κ2) is 15.2. The van der Waals surface area contributed by atoms with Crippen LogP contribution in [0, 0.1) is 0 Å². The van der Waals surface area contributed by atoms with Gasteiger partial charge in [0.25, 0.3) is 0 Å². The molecule has 0 saturated carbocycles. The number of unbranched alkanes of at least 4 members (excludes halogenated alkanes) is 8. The summed E-state index contributed by atoms with van der Waals surface area (Å²) in [6.07, 6.45) is 12.5. The fraction of sp³-hybridized carbons (Fsp3) is 0.533. The summed E-state index contributed by atoms with van der Waals surface area (Å²) in [5.74, 6) is 0.749. The Morgan fingerprint density at radius 1 is 0.833 bits per heavy atom. The fourth-order valence-electron chi connectivity index (χ4n) is 4.30. The lowest BCUT2D eigenvalue weighted by molar-refractivity contribution is 0.0734. The van der Waals surface area contributed by atoms with Gasteiger partial charge in [-0.1, -0.05) is 65.2 Å². The molecule has 6 heteroatoms. The molecule has 3 rings (SSSR count). The van der Waals surface area contributed by atoms with Gasteiger partial charge < -0.3 is 14.2 Å². The number of esters is 1. The van der Waals surface area contributed by atoms with Gasteiger partial charge >= 0.3 is 12.1 Å². The molecule has 0 unspecified atom stereocenters. The predicted octanol–water partition coefficient (Wildman–Crippen LogP) is 7.94. The Labute approximate surface area is 215 Å². The Balaban J connectivity index is 1.42. The zero-order valence-electron chi connectivity index (χ0n) is 21.9. The molecule has 6 nitrogen and oxygen atoms in total. The average molecular weight is 496 g/mol. The van der Waals surface area contributed by atoms with Gasteiger partial charge in [0.15, 0.2) is 0 Å². The summed E-state index contributed by atoms with van der Waals surface area (Å²) in [7, 11) is 0. The van der Waals surface area contributed by atoms with Crippen LogP contribution in [0.1, 0.15) is 94.8 Å². The molecule has 1 amide bonds. The highest BCUT2D eigenvalue weighted by Gasteiger charge is 2.31. The van der Waals surface area contributed by atoms with E-state index in [0.717, 1.165) is 30.7 Å². The summed E-state index contributed by atoms with van der Waals surface area (Å²) in [6, 6.07) is 14.0.